The van der Waals surface area contributed by atoms with E-state index in [1.807, 2.05) is 55.5 Å². The molecule has 0 spiro atoms. The zero-order chi connectivity index (χ0) is 17.9. The van der Waals surface area contributed by atoms with Gasteiger partial charge < -0.3 is 4.74 Å². The average Bonchev–Trinajstić information content (AvgIpc) is 2.61. The van der Waals surface area contributed by atoms with Crippen LogP contribution in [0.25, 0.3) is 0 Å². The summed E-state index contributed by atoms with van der Waals surface area (Å²) in [6.07, 6.45) is 0.835. The van der Waals surface area contributed by atoms with E-state index in [0.29, 0.717) is 26.2 Å². The second kappa shape index (κ2) is 7.56. The minimum Gasteiger partial charge on any atom is -0.497 e. The molecule has 0 N–H and O–H groups in total. The number of benzene rings is 2. The first-order chi connectivity index (χ1) is 12.0. The van der Waals surface area contributed by atoms with Gasteiger partial charge >= 0.3 is 0 Å². The van der Waals surface area contributed by atoms with Crippen LogP contribution < -0.4 is 4.74 Å². The van der Waals surface area contributed by atoms with E-state index in [-0.39, 0.29) is 0 Å². The summed E-state index contributed by atoms with van der Waals surface area (Å²) in [7, 11) is -1.83. The molecular weight excluding hydrogens is 336 g/mol. The van der Waals surface area contributed by atoms with Gasteiger partial charge in [0.05, 0.1) is 7.11 Å². The average molecular weight is 360 g/mol. The van der Waals surface area contributed by atoms with Gasteiger partial charge in [-0.2, -0.15) is 17.0 Å². The van der Waals surface area contributed by atoms with E-state index in [1.165, 1.54) is 5.56 Å². The minimum atomic E-state index is -3.45. The zero-order valence-electron chi connectivity index (χ0n) is 14.7. The van der Waals surface area contributed by atoms with Crippen LogP contribution in [-0.4, -0.2) is 37.2 Å². The van der Waals surface area contributed by atoms with Gasteiger partial charge in [0, 0.05) is 26.2 Å². The molecule has 1 heterocycles. The third-order valence-electron chi connectivity index (χ3n) is 4.47. The lowest BCUT2D eigenvalue weighted by Gasteiger charge is -2.34. The third-order valence-corrected chi connectivity index (χ3v) is 6.39. The van der Waals surface area contributed by atoms with Crippen molar-refractivity contribution in [2.75, 3.05) is 20.2 Å². The van der Waals surface area contributed by atoms with Gasteiger partial charge in [0.1, 0.15) is 5.75 Å². The Morgan fingerprint density at radius 3 is 1.84 bits per heavy atom. The standard InChI is InChI=1S/C19H24N2O3S/c1-16-4-6-17(7-5-16)14-20-12-3-13-21(25(20,22)23)15-18-8-10-19(24-2)11-9-18/h4-11H,3,12-15H2,1-2H3. The van der Waals surface area contributed by atoms with Crippen molar-refractivity contribution in [2.45, 2.75) is 26.4 Å². The topological polar surface area (TPSA) is 49.9 Å². The van der Waals surface area contributed by atoms with Crippen LogP contribution in [0.2, 0.25) is 0 Å². The fourth-order valence-corrected chi connectivity index (χ4v) is 4.64. The van der Waals surface area contributed by atoms with Gasteiger partial charge in [-0.05, 0) is 36.6 Å². The number of ether oxygens (including phenoxy) is 1. The van der Waals surface area contributed by atoms with E-state index < -0.39 is 10.2 Å². The highest BCUT2D eigenvalue weighted by atomic mass is 32.2. The molecule has 1 aliphatic rings. The fourth-order valence-electron chi connectivity index (χ4n) is 2.97. The maximum atomic E-state index is 12.9. The molecule has 1 fully saturated rings. The monoisotopic (exact) mass is 360 g/mol. The zero-order valence-corrected chi connectivity index (χ0v) is 15.5. The number of nitrogens with zero attached hydrogens (tertiary/aromatic N) is 2. The van der Waals surface area contributed by atoms with Crippen LogP contribution >= 0.6 is 0 Å². The molecule has 0 amide bonds. The summed E-state index contributed by atoms with van der Waals surface area (Å²) >= 11 is 0. The van der Waals surface area contributed by atoms with Crippen molar-refractivity contribution < 1.29 is 13.2 Å². The van der Waals surface area contributed by atoms with E-state index in [4.69, 9.17) is 4.74 Å². The Labute approximate surface area is 150 Å². The molecule has 25 heavy (non-hydrogen) atoms. The van der Waals surface area contributed by atoms with E-state index >= 15 is 0 Å². The molecule has 0 aliphatic carbocycles. The predicted octanol–water partition coefficient (Wildman–Crippen LogP) is 2.96. The van der Waals surface area contributed by atoms with Crippen LogP contribution in [0.15, 0.2) is 48.5 Å². The number of rotatable bonds is 5. The summed E-state index contributed by atoms with van der Waals surface area (Å²) in [5, 5.41) is 0. The highest BCUT2D eigenvalue weighted by Crippen LogP contribution is 2.22. The molecule has 0 atom stereocenters. The highest BCUT2D eigenvalue weighted by molar-refractivity contribution is 7.86. The Bertz CT molecular complexity index is 802. The SMILES string of the molecule is COc1ccc(CN2CCCN(Cc3ccc(C)cc3)S2(=O)=O)cc1. The van der Waals surface area contributed by atoms with Crippen LogP contribution in [-0.2, 0) is 23.3 Å². The molecule has 0 unspecified atom stereocenters. The minimum absolute atomic E-state index is 0.386. The molecular formula is C19H24N2O3S. The van der Waals surface area contributed by atoms with Crippen molar-refractivity contribution in [1.29, 1.82) is 0 Å². The highest BCUT2D eigenvalue weighted by Gasteiger charge is 2.33. The van der Waals surface area contributed by atoms with Crippen LogP contribution in [0, 0.1) is 6.92 Å². The maximum absolute atomic E-state index is 12.9. The van der Waals surface area contributed by atoms with Crippen molar-refractivity contribution in [3.8, 4) is 5.75 Å². The van der Waals surface area contributed by atoms with Gasteiger partial charge in [-0.3, -0.25) is 0 Å². The molecule has 2 aromatic rings. The lowest BCUT2D eigenvalue weighted by Crippen LogP contribution is -2.48. The van der Waals surface area contributed by atoms with Gasteiger partial charge in [0.15, 0.2) is 0 Å². The van der Waals surface area contributed by atoms with Gasteiger partial charge in [-0.1, -0.05) is 42.0 Å². The smallest absolute Gasteiger partial charge is 0.282 e. The molecule has 134 valence electrons. The largest absolute Gasteiger partial charge is 0.497 e. The van der Waals surface area contributed by atoms with Crippen molar-refractivity contribution in [1.82, 2.24) is 8.61 Å². The van der Waals surface area contributed by atoms with E-state index in [2.05, 4.69) is 0 Å². The summed E-state index contributed by atoms with van der Waals surface area (Å²) in [5.74, 6) is 0.770. The summed E-state index contributed by atoms with van der Waals surface area (Å²) in [4.78, 5) is 0. The van der Waals surface area contributed by atoms with Gasteiger partial charge in [0.2, 0.25) is 0 Å². The lowest BCUT2D eigenvalue weighted by molar-refractivity contribution is 0.276. The Hall–Kier alpha value is -1.89. The van der Waals surface area contributed by atoms with Crippen molar-refractivity contribution >= 4 is 10.2 Å². The van der Waals surface area contributed by atoms with Gasteiger partial charge in [-0.15, -0.1) is 0 Å². The van der Waals surface area contributed by atoms with Crippen LogP contribution in [0.4, 0.5) is 0 Å². The first-order valence-corrected chi connectivity index (χ1v) is 9.82. The Morgan fingerprint density at radius 1 is 0.880 bits per heavy atom. The van der Waals surface area contributed by atoms with Crippen molar-refractivity contribution in [3.63, 3.8) is 0 Å². The number of methoxy groups -OCH3 is 1. The molecule has 1 saturated heterocycles. The molecule has 0 saturated carbocycles. The van der Waals surface area contributed by atoms with Crippen molar-refractivity contribution in [3.05, 3.63) is 65.2 Å². The lowest BCUT2D eigenvalue weighted by atomic mass is 10.1. The summed E-state index contributed by atoms with van der Waals surface area (Å²) in [5.41, 5.74) is 3.15. The van der Waals surface area contributed by atoms with Gasteiger partial charge in [-0.25, -0.2) is 0 Å². The Kier molecular flexibility index (Phi) is 5.42. The predicted molar refractivity (Wildman–Crippen MR) is 98.5 cm³/mol. The first-order valence-electron chi connectivity index (χ1n) is 8.43. The molecule has 3 rings (SSSR count). The summed E-state index contributed by atoms with van der Waals surface area (Å²) in [6, 6.07) is 15.6. The molecule has 6 heteroatoms. The number of hydrogen-bond donors (Lipinski definition) is 0. The summed E-state index contributed by atoms with van der Waals surface area (Å²) < 4.78 is 34.2. The number of aryl methyl sites for hydroxylation is 1. The van der Waals surface area contributed by atoms with Crippen LogP contribution in [0.5, 0.6) is 5.75 Å². The van der Waals surface area contributed by atoms with Crippen LogP contribution in [0.1, 0.15) is 23.1 Å². The molecule has 0 bridgehead atoms. The summed E-state index contributed by atoms with van der Waals surface area (Å²) in [6.45, 7) is 3.95. The Balaban J connectivity index is 1.73. The Morgan fingerprint density at radius 2 is 1.36 bits per heavy atom. The first kappa shape index (κ1) is 17.9. The molecule has 1 aliphatic heterocycles. The molecule has 0 aromatic heterocycles. The van der Waals surface area contributed by atoms with E-state index in [0.717, 1.165) is 23.3 Å². The molecule has 0 radical (unpaired) electrons. The van der Waals surface area contributed by atoms with Crippen LogP contribution in [0.3, 0.4) is 0 Å². The maximum Gasteiger partial charge on any atom is 0.282 e. The van der Waals surface area contributed by atoms with E-state index in [9.17, 15) is 8.42 Å². The normalized spacial score (nSPS) is 18.2. The third kappa shape index (κ3) is 4.21. The molecule has 2 aromatic carbocycles. The number of hydrogen-bond acceptors (Lipinski definition) is 3. The fraction of sp³-hybridized carbons (Fsp3) is 0.368. The second-order valence-corrected chi connectivity index (χ2v) is 8.29. The molecule has 5 nitrogen and oxygen atoms in total. The second-order valence-electron chi connectivity index (χ2n) is 6.36. The van der Waals surface area contributed by atoms with Crippen molar-refractivity contribution in [2.24, 2.45) is 0 Å². The quantitative estimate of drug-likeness (QED) is 0.824. The van der Waals surface area contributed by atoms with Gasteiger partial charge in [0.25, 0.3) is 10.2 Å². The van der Waals surface area contributed by atoms with E-state index in [1.54, 1.807) is 15.7 Å².